The predicted molar refractivity (Wildman–Crippen MR) is 99.3 cm³/mol. The second-order valence-electron chi connectivity index (χ2n) is 5.76. The Balaban J connectivity index is 1.55. The number of amides is 2. The lowest BCUT2D eigenvalue weighted by atomic mass is 10.0. The maximum atomic E-state index is 12.0. The number of benzene rings is 3. The van der Waals surface area contributed by atoms with E-state index in [9.17, 15) is 14.7 Å². The molecule has 0 saturated carbocycles. The van der Waals surface area contributed by atoms with E-state index in [1.807, 2.05) is 54.6 Å². The van der Waals surface area contributed by atoms with Crippen LogP contribution >= 0.6 is 0 Å². The van der Waals surface area contributed by atoms with Crippen molar-refractivity contribution in [3.8, 4) is 16.9 Å². The quantitative estimate of drug-likeness (QED) is 0.635. The van der Waals surface area contributed by atoms with Gasteiger partial charge in [0, 0.05) is 0 Å². The van der Waals surface area contributed by atoms with Crippen LogP contribution in [0.15, 0.2) is 78.9 Å². The molecule has 0 unspecified atom stereocenters. The molecule has 26 heavy (non-hydrogen) atoms. The standard InChI is InChI=1S/C21H18N2O3/c24-19-9-5-4-8-18(19)21(26)23-22-20(25)14-15-10-12-17(13-11-15)16-6-2-1-3-7-16/h1-13,24H,14H2,(H,22,25)(H,23,26). The summed E-state index contributed by atoms with van der Waals surface area (Å²) in [4.78, 5) is 23.9. The molecular weight excluding hydrogens is 328 g/mol. The van der Waals surface area contributed by atoms with Crippen molar-refractivity contribution in [3.63, 3.8) is 0 Å². The van der Waals surface area contributed by atoms with Gasteiger partial charge >= 0.3 is 0 Å². The first-order chi connectivity index (χ1) is 12.6. The first-order valence-corrected chi connectivity index (χ1v) is 8.15. The largest absolute Gasteiger partial charge is 0.507 e. The highest BCUT2D eigenvalue weighted by Gasteiger charge is 2.11. The second kappa shape index (κ2) is 7.98. The van der Waals surface area contributed by atoms with Gasteiger partial charge in [-0.05, 0) is 28.8 Å². The van der Waals surface area contributed by atoms with Crippen LogP contribution in [0.4, 0.5) is 0 Å². The molecule has 0 aliphatic rings. The highest BCUT2D eigenvalue weighted by Crippen LogP contribution is 2.19. The Morgan fingerprint density at radius 1 is 0.731 bits per heavy atom. The Labute approximate surface area is 151 Å². The number of aromatic hydroxyl groups is 1. The number of para-hydroxylation sites is 1. The third-order valence-corrected chi connectivity index (χ3v) is 3.89. The molecule has 0 atom stereocenters. The molecule has 0 saturated heterocycles. The summed E-state index contributed by atoms with van der Waals surface area (Å²) in [6.07, 6.45) is 0.135. The maximum absolute atomic E-state index is 12.0. The third kappa shape index (κ3) is 4.27. The molecule has 3 aromatic carbocycles. The number of carbonyl (C=O) groups is 2. The number of carbonyl (C=O) groups excluding carboxylic acids is 2. The van der Waals surface area contributed by atoms with E-state index in [1.54, 1.807) is 12.1 Å². The Bertz CT molecular complexity index is 906. The van der Waals surface area contributed by atoms with Gasteiger partial charge in [0.25, 0.3) is 5.91 Å². The predicted octanol–water partition coefficient (Wildman–Crippen LogP) is 3.06. The topological polar surface area (TPSA) is 78.4 Å². The average Bonchev–Trinajstić information content (AvgIpc) is 2.68. The maximum Gasteiger partial charge on any atom is 0.273 e. The van der Waals surface area contributed by atoms with E-state index in [2.05, 4.69) is 10.9 Å². The molecule has 3 aromatic rings. The summed E-state index contributed by atoms with van der Waals surface area (Å²) in [5.41, 5.74) is 7.76. The van der Waals surface area contributed by atoms with Crippen molar-refractivity contribution in [1.82, 2.24) is 10.9 Å². The smallest absolute Gasteiger partial charge is 0.273 e. The van der Waals surface area contributed by atoms with E-state index < -0.39 is 5.91 Å². The van der Waals surface area contributed by atoms with Crippen molar-refractivity contribution in [2.24, 2.45) is 0 Å². The molecule has 0 aromatic heterocycles. The zero-order valence-electron chi connectivity index (χ0n) is 14.0. The molecular formula is C21H18N2O3. The molecule has 0 aliphatic carbocycles. The van der Waals surface area contributed by atoms with Gasteiger partial charge in [-0.2, -0.15) is 0 Å². The molecule has 0 spiro atoms. The van der Waals surface area contributed by atoms with Crippen LogP contribution in [-0.2, 0) is 11.2 Å². The van der Waals surface area contributed by atoms with E-state index in [0.717, 1.165) is 16.7 Å². The van der Waals surface area contributed by atoms with Crippen molar-refractivity contribution in [2.45, 2.75) is 6.42 Å². The van der Waals surface area contributed by atoms with Crippen molar-refractivity contribution in [3.05, 3.63) is 90.0 Å². The molecule has 0 bridgehead atoms. The van der Waals surface area contributed by atoms with Gasteiger partial charge in [-0.25, -0.2) is 0 Å². The fourth-order valence-electron chi connectivity index (χ4n) is 2.53. The summed E-state index contributed by atoms with van der Waals surface area (Å²) < 4.78 is 0. The lowest BCUT2D eigenvalue weighted by Crippen LogP contribution is -2.42. The molecule has 0 aliphatic heterocycles. The minimum Gasteiger partial charge on any atom is -0.507 e. The normalized spacial score (nSPS) is 10.2. The van der Waals surface area contributed by atoms with Crippen LogP contribution in [0.3, 0.4) is 0 Å². The molecule has 0 radical (unpaired) electrons. The van der Waals surface area contributed by atoms with Crippen molar-refractivity contribution < 1.29 is 14.7 Å². The van der Waals surface area contributed by atoms with E-state index in [-0.39, 0.29) is 23.6 Å². The van der Waals surface area contributed by atoms with Crippen LogP contribution in [0.5, 0.6) is 5.75 Å². The van der Waals surface area contributed by atoms with Crippen LogP contribution in [-0.4, -0.2) is 16.9 Å². The molecule has 3 rings (SSSR count). The summed E-state index contributed by atoms with van der Waals surface area (Å²) in [6.45, 7) is 0. The zero-order valence-corrected chi connectivity index (χ0v) is 14.0. The van der Waals surface area contributed by atoms with Crippen LogP contribution in [0.2, 0.25) is 0 Å². The van der Waals surface area contributed by atoms with Crippen molar-refractivity contribution >= 4 is 11.8 Å². The van der Waals surface area contributed by atoms with E-state index in [0.29, 0.717) is 0 Å². The van der Waals surface area contributed by atoms with E-state index in [4.69, 9.17) is 0 Å². The molecule has 5 nitrogen and oxygen atoms in total. The summed E-state index contributed by atoms with van der Waals surface area (Å²) in [6, 6.07) is 23.8. The number of nitrogens with one attached hydrogen (secondary N) is 2. The minimum atomic E-state index is -0.573. The SMILES string of the molecule is O=C(Cc1ccc(-c2ccccc2)cc1)NNC(=O)c1ccccc1O. The Morgan fingerprint density at radius 2 is 1.35 bits per heavy atom. The number of phenols is 1. The molecule has 2 amide bonds. The molecule has 5 heteroatoms. The molecule has 0 heterocycles. The van der Waals surface area contributed by atoms with Gasteiger partial charge in [0.1, 0.15) is 5.75 Å². The number of hydrazine groups is 1. The van der Waals surface area contributed by atoms with Crippen molar-refractivity contribution in [1.29, 1.82) is 0 Å². The number of phenolic OH excluding ortho intramolecular Hbond substituents is 1. The van der Waals surface area contributed by atoms with Crippen LogP contribution < -0.4 is 10.9 Å². The van der Waals surface area contributed by atoms with Gasteiger partial charge in [0.2, 0.25) is 5.91 Å². The van der Waals surface area contributed by atoms with Crippen LogP contribution in [0, 0.1) is 0 Å². The Morgan fingerprint density at radius 3 is 2.04 bits per heavy atom. The minimum absolute atomic E-state index is 0.0972. The first kappa shape index (κ1) is 17.2. The van der Waals surface area contributed by atoms with Gasteiger partial charge in [-0.3, -0.25) is 20.4 Å². The summed E-state index contributed by atoms with van der Waals surface area (Å²) in [7, 11) is 0. The number of hydrogen-bond acceptors (Lipinski definition) is 3. The molecule has 130 valence electrons. The van der Waals surface area contributed by atoms with E-state index >= 15 is 0 Å². The monoisotopic (exact) mass is 346 g/mol. The second-order valence-corrected chi connectivity index (χ2v) is 5.76. The van der Waals surface area contributed by atoms with E-state index in [1.165, 1.54) is 12.1 Å². The molecule has 0 fully saturated rings. The highest BCUT2D eigenvalue weighted by molar-refractivity contribution is 5.97. The Hall–Kier alpha value is -3.60. The molecule has 3 N–H and O–H groups in total. The fourth-order valence-corrected chi connectivity index (χ4v) is 2.53. The van der Waals surface area contributed by atoms with Gasteiger partial charge in [0.05, 0.1) is 12.0 Å². The average molecular weight is 346 g/mol. The van der Waals surface area contributed by atoms with Gasteiger partial charge < -0.3 is 5.11 Å². The van der Waals surface area contributed by atoms with Crippen LogP contribution in [0.1, 0.15) is 15.9 Å². The third-order valence-electron chi connectivity index (χ3n) is 3.89. The number of hydrogen-bond donors (Lipinski definition) is 3. The summed E-state index contributed by atoms with van der Waals surface area (Å²) in [5, 5.41) is 9.63. The van der Waals surface area contributed by atoms with Crippen LogP contribution in [0.25, 0.3) is 11.1 Å². The lowest BCUT2D eigenvalue weighted by Gasteiger charge is -2.09. The summed E-state index contributed by atoms with van der Waals surface area (Å²) >= 11 is 0. The Kier molecular flexibility index (Phi) is 5.29. The summed E-state index contributed by atoms with van der Waals surface area (Å²) in [5.74, 6) is -1.06. The first-order valence-electron chi connectivity index (χ1n) is 8.15. The number of rotatable bonds is 4. The van der Waals surface area contributed by atoms with Crippen molar-refractivity contribution in [2.75, 3.05) is 0 Å². The zero-order chi connectivity index (χ0) is 18.4. The van der Waals surface area contributed by atoms with Gasteiger partial charge in [-0.15, -0.1) is 0 Å². The van der Waals surface area contributed by atoms with Gasteiger partial charge in [-0.1, -0.05) is 66.7 Å². The van der Waals surface area contributed by atoms with Gasteiger partial charge in [0.15, 0.2) is 0 Å². The lowest BCUT2D eigenvalue weighted by molar-refractivity contribution is -0.121. The highest BCUT2D eigenvalue weighted by atomic mass is 16.3. The fraction of sp³-hybridized carbons (Fsp3) is 0.0476.